The van der Waals surface area contributed by atoms with Crippen LogP contribution in [0.25, 0.3) is 0 Å². The maximum Gasteiger partial charge on any atom is 0.0989 e. The molecule has 0 bridgehead atoms. The number of rotatable bonds is 8. The minimum absolute atomic E-state index is 0.772. The van der Waals surface area contributed by atoms with Crippen LogP contribution < -0.4 is 5.32 Å². The minimum atomic E-state index is 0.772. The lowest BCUT2D eigenvalue weighted by molar-refractivity contribution is 0.684. The molecule has 1 saturated carbocycles. The fourth-order valence-corrected chi connectivity index (χ4v) is 2.89. The van der Waals surface area contributed by atoms with Gasteiger partial charge in [0.15, 0.2) is 0 Å². The Morgan fingerprint density at radius 1 is 1.39 bits per heavy atom. The number of aromatic nitrogens is 1. The van der Waals surface area contributed by atoms with E-state index in [4.69, 9.17) is 0 Å². The van der Waals surface area contributed by atoms with Crippen molar-refractivity contribution in [2.45, 2.75) is 63.6 Å². The zero-order valence-electron chi connectivity index (χ0n) is 11.5. The largest absolute Gasteiger partial charge is 0.310 e. The predicted molar refractivity (Wildman–Crippen MR) is 79.1 cm³/mol. The van der Waals surface area contributed by atoms with E-state index in [2.05, 4.69) is 30.2 Å². The van der Waals surface area contributed by atoms with Crippen molar-refractivity contribution in [3.05, 3.63) is 23.4 Å². The lowest BCUT2D eigenvalue weighted by Crippen LogP contribution is -2.15. The van der Waals surface area contributed by atoms with E-state index < -0.39 is 0 Å². The number of hydrogen-bond acceptors (Lipinski definition) is 3. The van der Waals surface area contributed by atoms with E-state index in [1.807, 2.05) is 18.0 Å². The van der Waals surface area contributed by atoms with Gasteiger partial charge in [-0.25, -0.2) is 4.98 Å². The second-order valence-electron chi connectivity index (χ2n) is 5.18. The first-order chi connectivity index (χ1) is 8.79. The maximum absolute atomic E-state index is 4.60. The summed E-state index contributed by atoms with van der Waals surface area (Å²) in [5, 5.41) is 4.74. The van der Waals surface area contributed by atoms with Gasteiger partial charge in [-0.15, -0.1) is 11.8 Å². The van der Waals surface area contributed by atoms with E-state index in [0.29, 0.717) is 0 Å². The Labute approximate surface area is 115 Å². The normalized spacial score (nSPS) is 15.0. The molecule has 1 heterocycles. The van der Waals surface area contributed by atoms with Gasteiger partial charge in [0.2, 0.25) is 0 Å². The number of nitrogens with zero attached hydrogens (tertiary/aromatic N) is 1. The summed E-state index contributed by atoms with van der Waals surface area (Å²) in [6, 6.07) is 3.05. The molecule has 0 spiro atoms. The average molecular weight is 264 g/mol. The van der Waals surface area contributed by atoms with Crippen molar-refractivity contribution in [3.8, 4) is 0 Å². The molecule has 1 aliphatic rings. The summed E-state index contributed by atoms with van der Waals surface area (Å²) in [5.74, 6) is 1.20. The SMILES string of the molecule is CCCCCSc1ncc(CNC2CC2)cc1C. The van der Waals surface area contributed by atoms with Gasteiger partial charge in [-0.05, 0) is 43.1 Å². The lowest BCUT2D eigenvalue weighted by Gasteiger charge is -2.08. The summed E-state index contributed by atoms with van der Waals surface area (Å²) >= 11 is 1.90. The van der Waals surface area contributed by atoms with Gasteiger partial charge in [-0.2, -0.15) is 0 Å². The molecule has 2 rings (SSSR count). The highest BCUT2D eigenvalue weighted by molar-refractivity contribution is 7.99. The first-order valence-electron chi connectivity index (χ1n) is 7.11. The molecule has 1 N–H and O–H groups in total. The molecule has 0 amide bonds. The third-order valence-electron chi connectivity index (χ3n) is 3.25. The standard InChI is InChI=1S/C15H24N2S/c1-3-4-5-8-18-15-12(2)9-13(11-17-15)10-16-14-6-7-14/h9,11,14,16H,3-8,10H2,1-2H3. The molecular formula is C15H24N2S. The van der Waals surface area contributed by atoms with E-state index in [0.717, 1.165) is 12.6 Å². The Morgan fingerprint density at radius 3 is 2.89 bits per heavy atom. The van der Waals surface area contributed by atoms with Crippen LogP contribution in [0, 0.1) is 6.92 Å². The Kier molecular flexibility index (Phi) is 5.51. The number of aryl methyl sites for hydroxylation is 1. The zero-order chi connectivity index (χ0) is 12.8. The molecule has 1 aromatic heterocycles. The van der Waals surface area contributed by atoms with Gasteiger partial charge < -0.3 is 5.32 Å². The molecule has 0 saturated heterocycles. The van der Waals surface area contributed by atoms with Crippen LogP contribution in [-0.2, 0) is 6.54 Å². The van der Waals surface area contributed by atoms with E-state index in [1.54, 1.807) is 0 Å². The second-order valence-corrected chi connectivity index (χ2v) is 6.26. The molecule has 0 unspecified atom stereocenters. The molecule has 2 nitrogen and oxygen atoms in total. The molecule has 1 aliphatic carbocycles. The van der Waals surface area contributed by atoms with Crippen molar-refractivity contribution in [2.24, 2.45) is 0 Å². The van der Waals surface area contributed by atoms with E-state index in [-0.39, 0.29) is 0 Å². The third-order valence-corrected chi connectivity index (χ3v) is 4.44. The number of unbranched alkanes of at least 4 members (excludes halogenated alkanes) is 2. The summed E-state index contributed by atoms with van der Waals surface area (Å²) in [6.07, 6.45) is 8.64. The molecule has 0 aromatic carbocycles. The van der Waals surface area contributed by atoms with Gasteiger partial charge in [0.05, 0.1) is 5.03 Å². The summed E-state index contributed by atoms with van der Waals surface area (Å²) in [4.78, 5) is 4.60. The number of nitrogens with one attached hydrogen (secondary N) is 1. The predicted octanol–water partition coefficient (Wildman–Crippen LogP) is 3.92. The molecular weight excluding hydrogens is 240 g/mol. The topological polar surface area (TPSA) is 24.9 Å². The Morgan fingerprint density at radius 2 is 2.22 bits per heavy atom. The van der Waals surface area contributed by atoms with Gasteiger partial charge in [-0.3, -0.25) is 0 Å². The van der Waals surface area contributed by atoms with Crippen molar-refractivity contribution < 1.29 is 0 Å². The van der Waals surface area contributed by atoms with Crippen LogP contribution in [0.2, 0.25) is 0 Å². The molecule has 0 aliphatic heterocycles. The molecule has 18 heavy (non-hydrogen) atoms. The van der Waals surface area contributed by atoms with Gasteiger partial charge in [-0.1, -0.05) is 25.8 Å². The van der Waals surface area contributed by atoms with Gasteiger partial charge in [0, 0.05) is 18.8 Å². The highest BCUT2D eigenvalue weighted by Gasteiger charge is 2.19. The Hall–Kier alpha value is -0.540. The second kappa shape index (κ2) is 7.15. The summed E-state index contributed by atoms with van der Waals surface area (Å²) < 4.78 is 0. The fourth-order valence-electron chi connectivity index (χ4n) is 1.94. The van der Waals surface area contributed by atoms with Crippen LogP contribution in [0.5, 0.6) is 0 Å². The first kappa shape index (κ1) is 13.9. The van der Waals surface area contributed by atoms with Crippen molar-refractivity contribution in [2.75, 3.05) is 5.75 Å². The monoisotopic (exact) mass is 264 g/mol. The van der Waals surface area contributed by atoms with Gasteiger partial charge in [0.1, 0.15) is 0 Å². The van der Waals surface area contributed by atoms with Crippen LogP contribution in [0.4, 0.5) is 0 Å². The minimum Gasteiger partial charge on any atom is -0.310 e. The van der Waals surface area contributed by atoms with E-state index in [9.17, 15) is 0 Å². The fraction of sp³-hybridized carbons (Fsp3) is 0.667. The number of pyridine rings is 1. The number of thioether (sulfide) groups is 1. The Bertz CT molecular complexity index is 375. The molecule has 0 atom stereocenters. The molecule has 0 radical (unpaired) electrons. The van der Waals surface area contributed by atoms with Crippen molar-refractivity contribution in [3.63, 3.8) is 0 Å². The summed E-state index contributed by atoms with van der Waals surface area (Å²) in [6.45, 7) is 5.39. The van der Waals surface area contributed by atoms with Crippen molar-refractivity contribution >= 4 is 11.8 Å². The molecule has 1 aromatic rings. The average Bonchev–Trinajstić information content (AvgIpc) is 3.18. The highest BCUT2D eigenvalue weighted by Crippen LogP contribution is 2.23. The van der Waals surface area contributed by atoms with Gasteiger partial charge in [0.25, 0.3) is 0 Å². The summed E-state index contributed by atoms with van der Waals surface area (Å²) in [5.41, 5.74) is 2.64. The van der Waals surface area contributed by atoms with Crippen molar-refractivity contribution in [1.29, 1.82) is 0 Å². The van der Waals surface area contributed by atoms with Crippen LogP contribution in [-0.4, -0.2) is 16.8 Å². The molecule has 3 heteroatoms. The smallest absolute Gasteiger partial charge is 0.0989 e. The van der Waals surface area contributed by atoms with E-state index >= 15 is 0 Å². The van der Waals surface area contributed by atoms with Crippen LogP contribution in [0.15, 0.2) is 17.3 Å². The number of hydrogen-bond donors (Lipinski definition) is 1. The first-order valence-corrected chi connectivity index (χ1v) is 8.10. The van der Waals surface area contributed by atoms with Crippen LogP contribution in [0.1, 0.15) is 50.2 Å². The Balaban J connectivity index is 1.79. The highest BCUT2D eigenvalue weighted by atomic mass is 32.2. The van der Waals surface area contributed by atoms with Crippen LogP contribution >= 0.6 is 11.8 Å². The van der Waals surface area contributed by atoms with E-state index in [1.165, 1.54) is 54.0 Å². The third kappa shape index (κ3) is 4.62. The molecule has 100 valence electrons. The molecule has 1 fully saturated rings. The summed E-state index contributed by atoms with van der Waals surface area (Å²) in [7, 11) is 0. The van der Waals surface area contributed by atoms with Gasteiger partial charge >= 0.3 is 0 Å². The lowest BCUT2D eigenvalue weighted by atomic mass is 10.2. The quantitative estimate of drug-likeness (QED) is 0.569. The van der Waals surface area contributed by atoms with Crippen LogP contribution in [0.3, 0.4) is 0 Å². The van der Waals surface area contributed by atoms with Crippen molar-refractivity contribution in [1.82, 2.24) is 10.3 Å². The maximum atomic E-state index is 4.60. The zero-order valence-corrected chi connectivity index (χ0v) is 12.4.